The summed E-state index contributed by atoms with van der Waals surface area (Å²) in [5.41, 5.74) is 7.33. The normalized spacial score (nSPS) is 10.6. The maximum absolute atomic E-state index is 12.8. The molecule has 138 valence electrons. The van der Waals surface area contributed by atoms with E-state index in [0.29, 0.717) is 16.9 Å². The predicted molar refractivity (Wildman–Crippen MR) is 111 cm³/mol. The molecule has 0 aliphatic heterocycles. The van der Waals surface area contributed by atoms with Gasteiger partial charge in [0.25, 0.3) is 11.5 Å². The van der Waals surface area contributed by atoms with Crippen molar-refractivity contribution in [2.75, 3.05) is 16.4 Å². The van der Waals surface area contributed by atoms with Crippen LogP contribution in [0.3, 0.4) is 0 Å². The molecule has 1 amide bonds. The molecular formula is C21H17N5O2. The molecule has 0 radical (unpaired) electrons. The highest BCUT2D eigenvalue weighted by atomic mass is 16.2. The van der Waals surface area contributed by atoms with Crippen LogP contribution in [0.15, 0.2) is 77.7 Å². The third-order valence-electron chi connectivity index (χ3n) is 4.26. The molecule has 0 saturated carbocycles. The molecule has 7 nitrogen and oxygen atoms in total. The first-order valence-corrected chi connectivity index (χ1v) is 8.62. The van der Waals surface area contributed by atoms with Crippen molar-refractivity contribution in [1.82, 2.24) is 9.97 Å². The van der Waals surface area contributed by atoms with Gasteiger partial charge in [0.1, 0.15) is 11.5 Å². The van der Waals surface area contributed by atoms with E-state index in [9.17, 15) is 9.59 Å². The predicted octanol–water partition coefficient (Wildman–Crippen LogP) is 3.50. The summed E-state index contributed by atoms with van der Waals surface area (Å²) in [7, 11) is 0. The fraction of sp³-hybridized carbons (Fsp3) is 0. The minimum atomic E-state index is -0.455. The van der Waals surface area contributed by atoms with Crippen LogP contribution >= 0.6 is 0 Å². The smallest absolute Gasteiger partial charge is 0.273 e. The Balaban J connectivity index is 1.70. The first kappa shape index (κ1) is 17.3. The van der Waals surface area contributed by atoms with Crippen LogP contribution in [0.1, 0.15) is 10.4 Å². The standard InChI is InChI=1S/C21H17N5O2/c22-18-16(11-12-23-21(18)28)25-20(27)15-8-4-5-13-9-10-17(26-19(13)15)24-14-6-2-1-3-7-14/h1-12H,22H2,(H,24,26)(H2,23,25,27,28). The monoisotopic (exact) mass is 371 g/mol. The number of hydrogen-bond donors (Lipinski definition) is 4. The maximum atomic E-state index is 12.8. The van der Waals surface area contributed by atoms with E-state index < -0.39 is 11.5 Å². The van der Waals surface area contributed by atoms with E-state index in [1.54, 1.807) is 12.1 Å². The van der Waals surface area contributed by atoms with Gasteiger partial charge in [-0.15, -0.1) is 0 Å². The quantitative estimate of drug-likeness (QED) is 0.438. The summed E-state index contributed by atoms with van der Waals surface area (Å²) >= 11 is 0. The Morgan fingerprint density at radius 3 is 2.61 bits per heavy atom. The molecule has 2 heterocycles. The highest BCUT2D eigenvalue weighted by molar-refractivity contribution is 6.12. The maximum Gasteiger partial charge on any atom is 0.273 e. The third-order valence-corrected chi connectivity index (χ3v) is 4.26. The van der Waals surface area contributed by atoms with E-state index in [0.717, 1.165) is 11.1 Å². The number of carbonyl (C=O) groups is 1. The van der Waals surface area contributed by atoms with E-state index >= 15 is 0 Å². The van der Waals surface area contributed by atoms with Crippen LogP contribution in [0.2, 0.25) is 0 Å². The molecule has 5 N–H and O–H groups in total. The average Bonchev–Trinajstić information content (AvgIpc) is 2.71. The van der Waals surface area contributed by atoms with Gasteiger partial charge in [0.2, 0.25) is 0 Å². The number of rotatable bonds is 4. The summed E-state index contributed by atoms with van der Waals surface area (Å²) in [5, 5.41) is 6.73. The molecule has 2 aromatic carbocycles. The van der Waals surface area contributed by atoms with Gasteiger partial charge in [-0.25, -0.2) is 4.98 Å². The molecular weight excluding hydrogens is 354 g/mol. The fourth-order valence-electron chi connectivity index (χ4n) is 2.86. The number of carbonyl (C=O) groups excluding carboxylic acids is 1. The lowest BCUT2D eigenvalue weighted by atomic mass is 10.1. The van der Waals surface area contributed by atoms with Crippen LogP contribution in [-0.4, -0.2) is 15.9 Å². The zero-order valence-corrected chi connectivity index (χ0v) is 14.8. The van der Waals surface area contributed by atoms with Crippen LogP contribution in [0.25, 0.3) is 10.9 Å². The Labute approximate surface area is 160 Å². The van der Waals surface area contributed by atoms with E-state index in [2.05, 4.69) is 20.6 Å². The number of aromatic nitrogens is 2. The van der Waals surface area contributed by atoms with Gasteiger partial charge in [-0.05, 0) is 36.4 Å². The lowest BCUT2D eigenvalue weighted by Crippen LogP contribution is -2.18. The van der Waals surface area contributed by atoms with Gasteiger partial charge in [-0.3, -0.25) is 9.59 Å². The van der Waals surface area contributed by atoms with Gasteiger partial charge >= 0.3 is 0 Å². The molecule has 0 aliphatic carbocycles. The summed E-state index contributed by atoms with van der Waals surface area (Å²) in [6.45, 7) is 0. The molecule has 7 heteroatoms. The van der Waals surface area contributed by atoms with Crippen LogP contribution in [0, 0.1) is 0 Å². The first-order chi connectivity index (χ1) is 13.6. The van der Waals surface area contributed by atoms with Crippen LogP contribution < -0.4 is 21.9 Å². The average molecular weight is 371 g/mol. The molecule has 2 aromatic heterocycles. The van der Waals surface area contributed by atoms with Crippen LogP contribution in [0.5, 0.6) is 0 Å². The Bertz CT molecular complexity index is 1220. The number of nitrogens with two attached hydrogens (primary N) is 1. The van der Waals surface area contributed by atoms with Crippen molar-refractivity contribution < 1.29 is 4.79 Å². The molecule has 0 fully saturated rings. The third kappa shape index (κ3) is 3.41. The molecule has 28 heavy (non-hydrogen) atoms. The Kier molecular flexibility index (Phi) is 4.47. The minimum Gasteiger partial charge on any atom is -0.393 e. The van der Waals surface area contributed by atoms with Crippen molar-refractivity contribution in [2.45, 2.75) is 0 Å². The lowest BCUT2D eigenvalue weighted by molar-refractivity contribution is 0.102. The number of amides is 1. The van der Waals surface area contributed by atoms with Gasteiger partial charge in [-0.1, -0.05) is 30.3 Å². The van der Waals surface area contributed by atoms with Crippen molar-refractivity contribution in [2.24, 2.45) is 0 Å². The zero-order valence-electron chi connectivity index (χ0n) is 14.8. The molecule has 0 saturated heterocycles. The fourth-order valence-corrected chi connectivity index (χ4v) is 2.86. The molecule has 0 spiro atoms. The van der Waals surface area contributed by atoms with Crippen molar-refractivity contribution in [3.8, 4) is 0 Å². The minimum absolute atomic E-state index is 0.0459. The number of aromatic amines is 1. The lowest BCUT2D eigenvalue weighted by Gasteiger charge is -2.11. The number of pyridine rings is 2. The second-order valence-electron chi connectivity index (χ2n) is 6.15. The number of nitrogens with zero attached hydrogens (tertiary/aromatic N) is 1. The number of nitrogen functional groups attached to an aromatic ring is 1. The Morgan fingerprint density at radius 2 is 1.79 bits per heavy atom. The van der Waals surface area contributed by atoms with Crippen LogP contribution in [-0.2, 0) is 0 Å². The van der Waals surface area contributed by atoms with Crippen molar-refractivity contribution in [1.29, 1.82) is 0 Å². The van der Waals surface area contributed by atoms with Crippen molar-refractivity contribution in [3.05, 3.63) is 88.8 Å². The van der Waals surface area contributed by atoms with E-state index in [4.69, 9.17) is 5.73 Å². The highest BCUT2D eigenvalue weighted by Gasteiger charge is 2.14. The number of anilines is 4. The molecule has 0 aliphatic rings. The highest BCUT2D eigenvalue weighted by Crippen LogP contribution is 2.23. The van der Waals surface area contributed by atoms with Gasteiger partial charge < -0.3 is 21.4 Å². The molecule has 0 unspecified atom stereocenters. The van der Waals surface area contributed by atoms with Gasteiger partial charge in [0, 0.05) is 17.3 Å². The number of benzene rings is 2. The molecule has 0 atom stereocenters. The van der Waals surface area contributed by atoms with Crippen molar-refractivity contribution >= 4 is 39.7 Å². The van der Waals surface area contributed by atoms with Gasteiger partial charge in [-0.2, -0.15) is 0 Å². The molecule has 4 rings (SSSR count). The van der Waals surface area contributed by atoms with E-state index in [1.165, 1.54) is 12.3 Å². The number of para-hydroxylation sites is 2. The summed E-state index contributed by atoms with van der Waals surface area (Å²) in [6.07, 6.45) is 1.43. The van der Waals surface area contributed by atoms with Gasteiger partial charge in [0.15, 0.2) is 0 Å². The summed E-state index contributed by atoms with van der Waals surface area (Å²) in [4.78, 5) is 31.5. The number of fused-ring (bicyclic) bond motifs is 1. The SMILES string of the molecule is Nc1c(NC(=O)c2cccc3ccc(Nc4ccccc4)nc23)cc[nH]c1=O. The largest absolute Gasteiger partial charge is 0.393 e. The Morgan fingerprint density at radius 1 is 0.964 bits per heavy atom. The molecule has 4 aromatic rings. The molecule has 0 bridgehead atoms. The number of H-pyrrole nitrogens is 1. The summed E-state index contributed by atoms with van der Waals surface area (Å²) in [5.74, 6) is 0.224. The second kappa shape index (κ2) is 7.24. The van der Waals surface area contributed by atoms with Crippen LogP contribution in [0.4, 0.5) is 22.9 Å². The summed E-state index contributed by atoms with van der Waals surface area (Å²) in [6, 6.07) is 20.3. The van der Waals surface area contributed by atoms with Crippen molar-refractivity contribution in [3.63, 3.8) is 0 Å². The second-order valence-corrected chi connectivity index (χ2v) is 6.15. The van der Waals surface area contributed by atoms with E-state index in [-0.39, 0.29) is 11.4 Å². The van der Waals surface area contributed by atoms with E-state index in [1.807, 2.05) is 48.5 Å². The Hall–Kier alpha value is -4.13. The first-order valence-electron chi connectivity index (χ1n) is 8.62. The topological polar surface area (TPSA) is 113 Å². The zero-order chi connectivity index (χ0) is 19.5. The number of nitrogens with one attached hydrogen (secondary N) is 3. The van der Waals surface area contributed by atoms with Gasteiger partial charge in [0.05, 0.1) is 16.8 Å². The summed E-state index contributed by atoms with van der Waals surface area (Å²) < 4.78 is 0. The number of hydrogen-bond acceptors (Lipinski definition) is 5.